The summed E-state index contributed by atoms with van der Waals surface area (Å²) in [6, 6.07) is 11.1. The number of rotatable bonds is 8. The van der Waals surface area contributed by atoms with Crippen LogP contribution in [0.1, 0.15) is 49.0 Å². The van der Waals surface area contributed by atoms with Gasteiger partial charge in [0.2, 0.25) is 0 Å². The molecule has 3 fully saturated rings. The van der Waals surface area contributed by atoms with E-state index in [0.717, 1.165) is 29.4 Å². The molecule has 2 aliphatic heterocycles. The predicted octanol–water partition coefficient (Wildman–Crippen LogP) is 4.54. The highest BCUT2D eigenvalue weighted by Crippen LogP contribution is 2.54. The van der Waals surface area contributed by atoms with Gasteiger partial charge in [0.05, 0.1) is 18.0 Å². The molecule has 7 nitrogen and oxygen atoms in total. The predicted molar refractivity (Wildman–Crippen MR) is 139 cm³/mol. The Morgan fingerprint density at radius 3 is 2.42 bits per heavy atom. The summed E-state index contributed by atoms with van der Waals surface area (Å²) in [5, 5.41) is 12.1. The van der Waals surface area contributed by atoms with Gasteiger partial charge in [0.1, 0.15) is 11.5 Å². The molecule has 5 rings (SSSR count). The Morgan fingerprint density at radius 2 is 1.72 bits per heavy atom. The molecule has 1 saturated carbocycles. The molecular formula is C26H33F2N5O2S. The smallest absolute Gasteiger partial charge is 0.274 e. The molecule has 1 aliphatic carbocycles. The summed E-state index contributed by atoms with van der Waals surface area (Å²) in [5.41, 5.74) is 2.50. The van der Waals surface area contributed by atoms with Gasteiger partial charge in [0.25, 0.3) is 11.8 Å². The zero-order valence-electron chi connectivity index (χ0n) is 20.3. The van der Waals surface area contributed by atoms with E-state index in [1.807, 2.05) is 17.0 Å². The maximum Gasteiger partial charge on any atom is 0.274 e. The second-order valence-corrected chi connectivity index (χ2v) is 11.0. The molecule has 3 aliphatic rings. The number of amides is 1. The van der Waals surface area contributed by atoms with Gasteiger partial charge in [0, 0.05) is 50.5 Å². The number of hydrogen-bond acceptors (Lipinski definition) is 7. The van der Waals surface area contributed by atoms with Gasteiger partial charge in [-0.2, -0.15) is 0 Å². The highest BCUT2D eigenvalue weighted by Gasteiger charge is 2.44. The van der Waals surface area contributed by atoms with Crippen LogP contribution in [-0.4, -0.2) is 61.3 Å². The van der Waals surface area contributed by atoms with Crippen LogP contribution in [0.2, 0.25) is 0 Å². The van der Waals surface area contributed by atoms with Crippen molar-refractivity contribution in [2.24, 2.45) is 5.41 Å². The monoisotopic (exact) mass is 517 g/mol. The minimum atomic E-state index is -2.63. The van der Waals surface area contributed by atoms with Crippen molar-refractivity contribution < 1.29 is 18.7 Å². The number of carbonyl (C=O) groups excluding carboxylic acids is 1. The summed E-state index contributed by atoms with van der Waals surface area (Å²) < 4.78 is 30.3. The summed E-state index contributed by atoms with van der Waals surface area (Å²) in [7, 11) is 0. The first-order valence-corrected chi connectivity index (χ1v) is 13.5. The van der Waals surface area contributed by atoms with E-state index in [1.54, 1.807) is 18.2 Å². The van der Waals surface area contributed by atoms with Gasteiger partial charge in [-0.15, -0.1) is 0 Å². The number of pyridine rings is 1. The summed E-state index contributed by atoms with van der Waals surface area (Å²) in [6.45, 7) is 2.89. The molecule has 10 heteroatoms. The standard InChI is InChI=1S/C26H33F2N5O2S/c27-26(28)10-15-33(16-11-26)23-3-1-2-21(30-23)24(35)31-20-5-4-19(36-29-12-17-34)18-22(20)32-13-8-25(6-7-25)9-14-32/h1-5,18,29,34H,6-17H2,(H,31,35). The van der Waals surface area contributed by atoms with Crippen LogP contribution in [0.3, 0.4) is 0 Å². The number of nitrogens with zero attached hydrogens (tertiary/aromatic N) is 3. The Morgan fingerprint density at radius 1 is 1.00 bits per heavy atom. The van der Waals surface area contributed by atoms with E-state index in [1.165, 1.54) is 37.6 Å². The molecule has 0 radical (unpaired) electrons. The van der Waals surface area contributed by atoms with Crippen molar-refractivity contribution in [3.05, 3.63) is 42.1 Å². The van der Waals surface area contributed by atoms with Crippen LogP contribution >= 0.6 is 11.9 Å². The van der Waals surface area contributed by atoms with E-state index in [0.29, 0.717) is 17.8 Å². The van der Waals surface area contributed by atoms with Crippen LogP contribution in [0, 0.1) is 5.41 Å². The molecule has 2 saturated heterocycles. The van der Waals surface area contributed by atoms with Crippen molar-refractivity contribution in [1.82, 2.24) is 9.71 Å². The lowest BCUT2D eigenvalue weighted by Crippen LogP contribution is -2.39. The zero-order chi connectivity index (χ0) is 25.2. The number of aliphatic hydroxyl groups is 1. The zero-order valence-corrected chi connectivity index (χ0v) is 21.1. The molecule has 0 unspecified atom stereocenters. The number of anilines is 3. The molecular weight excluding hydrogens is 484 g/mol. The number of piperidine rings is 2. The third-order valence-electron chi connectivity index (χ3n) is 7.53. The van der Waals surface area contributed by atoms with Crippen LogP contribution in [0.5, 0.6) is 0 Å². The van der Waals surface area contributed by atoms with E-state index in [9.17, 15) is 13.6 Å². The van der Waals surface area contributed by atoms with Gasteiger partial charge in [-0.1, -0.05) is 6.07 Å². The number of halogens is 2. The number of nitrogens with one attached hydrogen (secondary N) is 2. The van der Waals surface area contributed by atoms with Crippen molar-refractivity contribution in [2.45, 2.75) is 49.3 Å². The number of aromatic nitrogens is 1. The third-order valence-corrected chi connectivity index (χ3v) is 8.37. The van der Waals surface area contributed by atoms with Gasteiger partial charge < -0.3 is 20.2 Å². The fourth-order valence-electron chi connectivity index (χ4n) is 5.00. The van der Waals surface area contributed by atoms with Gasteiger partial charge in [-0.3, -0.25) is 9.52 Å². The summed E-state index contributed by atoms with van der Waals surface area (Å²) >= 11 is 1.46. The molecule has 1 aromatic carbocycles. The second kappa shape index (κ2) is 10.5. The van der Waals surface area contributed by atoms with Gasteiger partial charge in [-0.25, -0.2) is 13.8 Å². The molecule has 2 aromatic rings. The van der Waals surface area contributed by atoms with Gasteiger partial charge >= 0.3 is 0 Å². The summed E-state index contributed by atoms with van der Waals surface area (Å²) in [4.78, 5) is 22.9. The maximum absolute atomic E-state index is 13.6. The first kappa shape index (κ1) is 25.2. The van der Waals surface area contributed by atoms with E-state index in [4.69, 9.17) is 5.11 Å². The highest BCUT2D eigenvalue weighted by molar-refractivity contribution is 7.97. The molecule has 194 valence electrons. The minimum absolute atomic E-state index is 0.0636. The lowest BCUT2D eigenvalue weighted by molar-refractivity contribution is -0.0221. The van der Waals surface area contributed by atoms with Crippen molar-refractivity contribution in [3.63, 3.8) is 0 Å². The summed E-state index contributed by atoms with van der Waals surface area (Å²) in [5.74, 6) is -2.41. The Kier molecular flexibility index (Phi) is 7.37. The van der Waals surface area contributed by atoms with Gasteiger partial charge in [-0.05, 0) is 73.4 Å². The molecule has 3 N–H and O–H groups in total. The van der Waals surface area contributed by atoms with Crippen LogP contribution in [-0.2, 0) is 0 Å². The average Bonchev–Trinajstić information content (AvgIpc) is 3.64. The Bertz CT molecular complexity index is 1080. The Hall–Kier alpha value is -2.43. The fourth-order valence-corrected chi connectivity index (χ4v) is 5.66. The van der Waals surface area contributed by atoms with E-state index >= 15 is 0 Å². The summed E-state index contributed by atoms with van der Waals surface area (Å²) in [6.07, 6.45) is 4.56. The van der Waals surface area contributed by atoms with Crippen molar-refractivity contribution >= 4 is 35.0 Å². The van der Waals surface area contributed by atoms with Crippen molar-refractivity contribution in [2.75, 3.05) is 54.4 Å². The third kappa shape index (κ3) is 5.92. The van der Waals surface area contributed by atoms with Crippen LogP contribution in [0.4, 0.5) is 26.0 Å². The van der Waals surface area contributed by atoms with Crippen LogP contribution in [0.15, 0.2) is 41.3 Å². The lowest BCUT2D eigenvalue weighted by Gasteiger charge is -2.35. The molecule has 3 heterocycles. The Labute approximate surface area is 214 Å². The lowest BCUT2D eigenvalue weighted by atomic mass is 9.93. The van der Waals surface area contributed by atoms with Crippen molar-refractivity contribution in [1.29, 1.82) is 0 Å². The second-order valence-electron chi connectivity index (χ2n) is 10.1. The average molecular weight is 518 g/mol. The highest BCUT2D eigenvalue weighted by atomic mass is 32.2. The fraction of sp³-hybridized carbons (Fsp3) is 0.538. The number of alkyl halides is 2. The number of carbonyl (C=O) groups is 1. The van der Waals surface area contributed by atoms with E-state index in [2.05, 4.69) is 26.0 Å². The maximum atomic E-state index is 13.6. The quantitative estimate of drug-likeness (QED) is 0.350. The normalized spacial score (nSPS) is 20.4. The first-order chi connectivity index (χ1) is 17.4. The molecule has 36 heavy (non-hydrogen) atoms. The first-order valence-electron chi connectivity index (χ1n) is 12.7. The van der Waals surface area contributed by atoms with Crippen molar-refractivity contribution in [3.8, 4) is 0 Å². The van der Waals surface area contributed by atoms with Crippen LogP contribution < -0.4 is 19.8 Å². The largest absolute Gasteiger partial charge is 0.395 e. The Balaban J connectivity index is 1.32. The topological polar surface area (TPSA) is 80.7 Å². The molecule has 0 atom stereocenters. The van der Waals surface area contributed by atoms with E-state index < -0.39 is 5.92 Å². The van der Waals surface area contributed by atoms with Crippen LogP contribution in [0.25, 0.3) is 0 Å². The SMILES string of the molecule is O=C(Nc1ccc(SNCCO)cc1N1CCC2(CC1)CC2)c1cccc(N2CCC(F)(F)CC2)n1. The number of hydrogen-bond donors (Lipinski definition) is 3. The van der Waals surface area contributed by atoms with Gasteiger partial charge in [0.15, 0.2) is 0 Å². The molecule has 1 amide bonds. The van der Waals surface area contributed by atoms with E-state index in [-0.39, 0.29) is 44.1 Å². The minimum Gasteiger partial charge on any atom is -0.395 e. The molecule has 0 bridgehead atoms. The number of aliphatic hydroxyl groups excluding tert-OH is 1. The molecule has 1 aromatic heterocycles. The molecule has 1 spiro atoms. The number of benzene rings is 1.